The van der Waals surface area contributed by atoms with Gasteiger partial charge in [-0.05, 0) is 61.5 Å². The maximum Gasteiger partial charge on any atom is 0.272 e. The first kappa shape index (κ1) is 21.3. The van der Waals surface area contributed by atoms with Crippen LogP contribution in [0.5, 0.6) is 0 Å². The smallest absolute Gasteiger partial charge is 0.272 e. The van der Waals surface area contributed by atoms with Crippen molar-refractivity contribution in [3.63, 3.8) is 0 Å². The summed E-state index contributed by atoms with van der Waals surface area (Å²) in [4.78, 5) is 17.6. The molecule has 0 atom stereocenters. The Kier molecular flexibility index (Phi) is 5.64. The average molecular weight is 465 g/mol. The molecular weight excluding hydrogens is 443 g/mol. The summed E-state index contributed by atoms with van der Waals surface area (Å²) in [5.41, 5.74) is 2.60. The lowest BCUT2D eigenvalue weighted by atomic mass is 10.2. The first-order valence-corrected chi connectivity index (χ1v) is 11.1. The van der Waals surface area contributed by atoms with E-state index in [-0.39, 0.29) is 11.7 Å². The number of nitrogens with zero attached hydrogens (tertiary/aromatic N) is 4. The molecule has 2 aromatic heterocycles. The molecule has 1 amide bonds. The van der Waals surface area contributed by atoms with Crippen LogP contribution in [0.1, 0.15) is 16.2 Å². The van der Waals surface area contributed by atoms with Crippen molar-refractivity contribution >= 4 is 23.2 Å². The largest absolute Gasteiger partial charge is 0.460 e. The van der Waals surface area contributed by atoms with Gasteiger partial charge in [0.05, 0.1) is 5.69 Å². The van der Waals surface area contributed by atoms with E-state index in [4.69, 9.17) is 16.0 Å². The molecule has 0 saturated carbocycles. The Morgan fingerprint density at radius 3 is 2.39 bits per heavy atom. The molecule has 1 aliphatic rings. The molecule has 0 radical (unpaired) electrons. The second kappa shape index (κ2) is 8.75. The molecule has 4 aromatic rings. The Bertz CT molecular complexity index is 1290. The number of anilines is 1. The summed E-state index contributed by atoms with van der Waals surface area (Å²) in [6.07, 6.45) is 0. The molecule has 5 rings (SSSR count). The van der Waals surface area contributed by atoms with Crippen molar-refractivity contribution in [2.45, 2.75) is 6.92 Å². The number of rotatable bonds is 4. The minimum atomic E-state index is -0.349. The molecule has 1 saturated heterocycles. The Labute approximate surface area is 195 Å². The van der Waals surface area contributed by atoms with Crippen LogP contribution in [0.4, 0.5) is 10.1 Å². The van der Waals surface area contributed by atoms with Crippen LogP contribution in [0.15, 0.2) is 71.1 Å². The number of amides is 1. The van der Waals surface area contributed by atoms with E-state index in [1.807, 2.05) is 48.2 Å². The van der Waals surface area contributed by atoms with Crippen molar-refractivity contribution in [2.75, 3.05) is 31.1 Å². The van der Waals surface area contributed by atoms with Crippen LogP contribution >= 0.6 is 11.6 Å². The molecule has 0 spiro atoms. The summed E-state index contributed by atoms with van der Waals surface area (Å²) >= 11 is 6.13. The monoisotopic (exact) mass is 464 g/mol. The van der Waals surface area contributed by atoms with Crippen LogP contribution in [-0.4, -0.2) is 46.8 Å². The Morgan fingerprint density at radius 1 is 0.970 bits per heavy atom. The third-order valence-corrected chi connectivity index (χ3v) is 5.97. The fourth-order valence-corrected chi connectivity index (χ4v) is 4.19. The Morgan fingerprint density at radius 2 is 1.73 bits per heavy atom. The molecule has 0 aliphatic carbocycles. The first-order chi connectivity index (χ1) is 16.0. The van der Waals surface area contributed by atoms with E-state index < -0.39 is 0 Å². The summed E-state index contributed by atoms with van der Waals surface area (Å²) in [6.45, 7) is 4.37. The minimum absolute atomic E-state index is 0.132. The summed E-state index contributed by atoms with van der Waals surface area (Å²) in [5.74, 6) is 0.851. The van der Waals surface area contributed by atoms with Gasteiger partial charge in [0.15, 0.2) is 5.76 Å². The maximum atomic E-state index is 13.5. The van der Waals surface area contributed by atoms with Gasteiger partial charge in [0, 0.05) is 43.0 Å². The van der Waals surface area contributed by atoms with Crippen LogP contribution in [0, 0.1) is 12.7 Å². The third-order valence-electron chi connectivity index (χ3n) is 5.73. The lowest BCUT2D eigenvalue weighted by Gasteiger charge is -2.36. The SMILES string of the molecule is Cc1ccc(-c2cc(C(=O)N3CCN(c4cccc(Cl)c4)CC3)n(-c3ccc(F)cc3)n2)o1. The zero-order valence-electron chi connectivity index (χ0n) is 18.0. The Balaban J connectivity index is 1.42. The molecule has 2 aromatic carbocycles. The number of benzene rings is 2. The van der Waals surface area contributed by atoms with Gasteiger partial charge in [0.25, 0.3) is 5.91 Å². The molecule has 1 fully saturated rings. The number of aromatic nitrogens is 2. The van der Waals surface area contributed by atoms with Gasteiger partial charge in [0.2, 0.25) is 0 Å². The lowest BCUT2D eigenvalue weighted by Crippen LogP contribution is -2.49. The molecule has 168 valence electrons. The summed E-state index contributed by atoms with van der Waals surface area (Å²) in [6, 6.07) is 19.0. The van der Waals surface area contributed by atoms with Crippen LogP contribution in [-0.2, 0) is 0 Å². The second-order valence-electron chi connectivity index (χ2n) is 7.97. The van der Waals surface area contributed by atoms with Crippen LogP contribution in [0.3, 0.4) is 0 Å². The highest BCUT2D eigenvalue weighted by Crippen LogP contribution is 2.26. The van der Waals surface area contributed by atoms with E-state index in [9.17, 15) is 9.18 Å². The van der Waals surface area contributed by atoms with Crippen molar-refractivity contribution in [2.24, 2.45) is 0 Å². The number of aryl methyl sites for hydroxylation is 1. The number of carbonyl (C=O) groups excluding carboxylic acids is 1. The van der Waals surface area contributed by atoms with Crippen LogP contribution in [0.25, 0.3) is 17.1 Å². The average Bonchev–Trinajstić information content (AvgIpc) is 3.46. The molecule has 0 N–H and O–H groups in total. The highest BCUT2D eigenvalue weighted by molar-refractivity contribution is 6.30. The van der Waals surface area contributed by atoms with E-state index >= 15 is 0 Å². The highest BCUT2D eigenvalue weighted by Gasteiger charge is 2.27. The van der Waals surface area contributed by atoms with E-state index in [1.54, 1.807) is 22.9 Å². The van der Waals surface area contributed by atoms with E-state index in [0.717, 1.165) is 11.4 Å². The lowest BCUT2D eigenvalue weighted by molar-refractivity contribution is 0.0737. The summed E-state index contributed by atoms with van der Waals surface area (Å²) < 4.78 is 20.8. The van der Waals surface area contributed by atoms with Crippen LogP contribution in [0.2, 0.25) is 5.02 Å². The van der Waals surface area contributed by atoms with Crippen molar-refractivity contribution < 1.29 is 13.6 Å². The summed E-state index contributed by atoms with van der Waals surface area (Å²) in [7, 11) is 0. The van der Waals surface area contributed by atoms with Gasteiger partial charge in [-0.15, -0.1) is 0 Å². The molecule has 8 heteroatoms. The van der Waals surface area contributed by atoms with Gasteiger partial charge in [0.1, 0.15) is 23.0 Å². The fourth-order valence-electron chi connectivity index (χ4n) is 4.01. The fraction of sp³-hybridized carbons (Fsp3) is 0.200. The maximum absolute atomic E-state index is 13.5. The topological polar surface area (TPSA) is 54.5 Å². The number of hydrogen-bond acceptors (Lipinski definition) is 4. The van der Waals surface area contributed by atoms with Gasteiger partial charge in [-0.3, -0.25) is 4.79 Å². The number of halogens is 2. The second-order valence-corrected chi connectivity index (χ2v) is 8.41. The van der Waals surface area contributed by atoms with Gasteiger partial charge in [-0.2, -0.15) is 5.10 Å². The number of piperazine rings is 1. The molecular formula is C25H22ClFN4O2. The van der Waals surface area contributed by atoms with Crippen LogP contribution < -0.4 is 4.90 Å². The molecule has 1 aliphatic heterocycles. The predicted molar refractivity (Wildman–Crippen MR) is 126 cm³/mol. The van der Waals surface area contributed by atoms with E-state index in [2.05, 4.69) is 10.00 Å². The predicted octanol–water partition coefficient (Wildman–Crippen LogP) is 5.20. The van der Waals surface area contributed by atoms with E-state index in [1.165, 1.54) is 12.1 Å². The molecule has 33 heavy (non-hydrogen) atoms. The molecule has 0 bridgehead atoms. The molecule has 6 nitrogen and oxygen atoms in total. The van der Waals surface area contributed by atoms with E-state index in [0.29, 0.717) is 54.0 Å². The summed E-state index contributed by atoms with van der Waals surface area (Å²) in [5, 5.41) is 5.30. The first-order valence-electron chi connectivity index (χ1n) is 10.7. The minimum Gasteiger partial charge on any atom is -0.460 e. The van der Waals surface area contributed by atoms with Gasteiger partial charge in [-0.25, -0.2) is 9.07 Å². The highest BCUT2D eigenvalue weighted by atomic mass is 35.5. The standard InChI is InChI=1S/C25H22ClFN4O2/c1-17-5-10-24(33-17)22-16-23(31(28-22)20-8-6-19(27)7-9-20)25(32)30-13-11-29(12-14-30)21-4-2-3-18(26)15-21/h2-10,15-16H,11-14H2,1H3. The van der Waals surface area contributed by atoms with Crippen molar-refractivity contribution in [1.29, 1.82) is 0 Å². The van der Waals surface area contributed by atoms with Crippen molar-refractivity contribution in [3.05, 3.63) is 89.0 Å². The zero-order chi connectivity index (χ0) is 22.9. The number of carbonyl (C=O) groups is 1. The van der Waals surface area contributed by atoms with Gasteiger partial charge >= 0.3 is 0 Å². The Hall–Kier alpha value is -3.58. The number of furan rings is 1. The van der Waals surface area contributed by atoms with Crippen molar-refractivity contribution in [1.82, 2.24) is 14.7 Å². The molecule has 0 unspecified atom stereocenters. The van der Waals surface area contributed by atoms with Crippen molar-refractivity contribution in [3.8, 4) is 17.1 Å². The molecule has 3 heterocycles. The van der Waals surface area contributed by atoms with Gasteiger partial charge in [-0.1, -0.05) is 17.7 Å². The normalized spacial score (nSPS) is 14.0. The third kappa shape index (κ3) is 4.36. The zero-order valence-corrected chi connectivity index (χ0v) is 18.8. The quantitative estimate of drug-likeness (QED) is 0.417. The number of hydrogen-bond donors (Lipinski definition) is 0. The van der Waals surface area contributed by atoms with Gasteiger partial charge < -0.3 is 14.2 Å².